The minimum absolute atomic E-state index is 0.112. The van der Waals surface area contributed by atoms with Gasteiger partial charge in [-0.05, 0) is 57.2 Å². The van der Waals surface area contributed by atoms with Gasteiger partial charge in [0.15, 0.2) is 0 Å². The Labute approximate surface area is 170 Å². The lowest BCUT2D eigenvalue weighted by molar-refractivity contribution is -0.124. The summed E-state index contributed by atoms with van der Waals surface area (Å²) in [5.74, 6) is -0.0100. The van der Waals surface area contributed by atoms with Crippen molar-refractivity contribution < 1.29 is 19.1 Å². The Hall–Kier alpha value is -3.35. The number of rotatable bonds is 7. The molecule has 0 aliphatic carbocycles. The van der Waals surface area contributed by atoms with Crippen LogP contribution in [0, 0.1) is 0 Å². The van der Waals surface area contributed by atoms with Crippen molar-refractivity contribution in [1.82, 2.24) is 4.90 Å². The van der Waals surface area contributed by atoms with Crippen LogP contribution in [-0.4, -0.2) is 41.4 Å². The second-order valence-corrected chi connectivity index (χ2v) is 7.02. The fourth-order valence-corrected chi connectivity index (χ4v) is 3.38. The average molecular weight is 395 g/mol. The summed E-state index contributed by atoms with van der Waals surface area (Å²) >= 11 is 0. The van der Waals surface area contributed by atoms with Gasteiger partial charge in [-0.3, -0.25) is 9.59 Å². The van der Waals surface area contributed by atoms with E-state index in [1.54, 1.807) is 48.5 Å². The first-order valence-electron chi connectivity index (χ1n) is 9.66. The summed E-state index contributed by atoms with van der Waals surface area (Å²) in [6, 6.07) is 14.3. The number of carbonyl (C=O) groups is 3. The van der Waals surface area contributed by atoms with Crippen LogP contribution in [0.15, 0.2) is 54.6 Å². The van der Waals surface area contributed by atoms with Gasteiger partial charge in [-0.1, -0.05) is 18.2 Å². The number of ether oxygens (including phenoxy) is 1. The van der Waals surface area contributed by atoms with Crippen LogP contribution < -0.4 is 15.0 Å². The van der Waals surface area contributed by atoms with Crippen molar-refractivity contribution in [3.05, 3.63) is 54.6 Å². The van der Waals surface area contributed by atoms with Crippen LogP contribution >= 0.6 is 0 Å². The molecule has 1 aliphatic rings. The fraction of sp³-hybridized carbons (Fsp3) is 0.318. The third-order valence-corrected chi connectivity index (χ3v) is 4.65. The molecule has 0 aromatic heterocycles. The van der Waals surface area contributed by atoms with Crippen molar-refractivity contribution >= 4 is 29.2 Å². The molecule has 0 spiro atoms. The Balaban J connectivity index is 1.74. The predicted octanol–water partition coefficient (Wildman–Crippen LogP) is 3.66. The first-order valence-corrected chi connectivity index (χ1v) is 9.66. The number of benzene rings is 2. The third kappa shape index (κ3) is 4.39. The molecule has 1 saturated heterocycles. The van der Waals surface area contributed by atoms with Gasteiger partial charge < -0.3 is 15.0 Å². The first-order chi connectivity index (χ1) is 13.9. The number of carbonyl (C=O) groups excluding carboxylic acids is 3. The number of amides is 4. The van der Waals surface area contributed by atoms with Crippen LogP contribution in [0.5, 0.6) is 5.75 Å². The van der Waals surface area contributed by atoms with E-state index in [4.69, 9.17) is 4.74 Å². The highest BCUT2D eigenvalue weighted by atomic mass is 16.5. The van der Waals surface area contributed by atoms with E-state index in [0.29, 0.717) is 23.7 Å². The fourth-order valence-electron chi connectivity index (χ4n) is 3.38. The lowest BCUT2D eigenvalue weighted by Crippen LogP contribution is -2.42. The third-order valence-electron chi connectivity index (χ3n) is 4.65. The van der Waals surface area contributed by atoms with E-state index in [0.717, 1.165) is 4.90 Å². The van der Waals surface area contributed by atoms with Crippen molar-refractivity contribution in [3.8, 4) is 5.75 Å². The summed E-state index contributed by atoms with van der Waals surface area (Å²) in [4.78, 5) is 41.1. The van der Waals surface area contributed by atoms with Gasteiger partial charge in [0.2, 0.25) is 5.91 Å². The molecule has 2 aromatic rings. The summed E-state index contributed by atoms with van der Waals surface area (Å²) in [6.45, 7) is 6.12. The van der Waals surface area contributed by atoms with Gasteiger partial charge in [-0.15, -0.1) is 0 Å². The monoisotopic (exact) mass is 395 g/mol. The lowest BCUT2D eigenvalue weighted by Gasteiger charge is -2.25. The van der Waals surface area contributed by atoms with E-state index in [1.165, 1.54) is 4.90 Å². The normalized spacial score (nSPS) is 16.5. The standard InChI is InChI=1S/C22H25N3O4/c1-4-29-18-12-10-16(11-13-18)23-20(26)14-19-21(27)25(17-8-6-5-7-9-17)22(28)24(19)15(2)3/h5-13,15,19H,4,14H2,1-3H3,(H,23,26). The highest BCUT2D eigenvalue weighted by molar-refractivity contribution is 6.22. The molecule has 0 radical (unpaired) electrons. The quantitative estimate of drug-likeness (QED) is 0.726. The molecule has 7 nitrogen and oxygen atoms in total. The van der Waals surface area contributed by atoms with Gasteiger partial charge in [-0.2, -0.15) is 0 Å². The molecule has 1 N–H and O–H groups in total. The zero-order chi connectivity index (χ0) is 21.0. The molecule has 4 amide bonds. The lowest BCUT2D eigenvalue weighted by atomic mass is 10.1. The van der Waals surface area contributed by atoms with Gasteiger partial charge in [-0.25, -0.2) is 9.69 Å². The Bertz CT molecular complexity index is 881. The number of hydrogen-bond acceptors (Lipinski definition) is 4. The maximum atomic E-state index is 13.0. The summed E-state index contributed by atoms with van der Waals surface area (Å²) in [5.41, 5.74) is 1.11. The van der Waals surface area contributed by atoms with Crippen molar-refractivity contribution in [2.75, 3.05) is 16.8 Å². The second-order valence-electron chi connectivity index (χ2n) is 7.02. The van der Waals surface area contributed by atoms with Crippen LogP contribution in [0.25, 0.3) is 0 Å². The Morgan fingerprint density at radius 2 is 1.72 bits per heavy atom. The number of imide groups is 1. The van der Waals surface area contributed by atoms with Crippen molar-refractivity contribution in [2.45, 2.75) is 39.3 Å². The Kier molecular flexibility index (Phi) is 6.16. The minimum Gasteiger partial charge on any atom is -0.494 e. The molecule has 3 rings (SSSR count). The molecule has 1 aliphatic heterocycles. The molecule has 0 saturated carbocycles. The smallest absolute Gasteiger partial charge is 0.332 e. The van der Waals surface area contributed by atoms with E-state index in [-0.39, 0.29) is 18.4 Å². The zero-order valence-corrected chi connectivity index (χ0v) is 16.8. The first kappa shape index (κ1) is 20.4. The molecule has 152 valence electrons. The van der Waals surface area contributed by atoms with E-state index in [1.807, 2.05) is 26.8 Å². The molecule has 0 bridgehead atoms. The zero-order valence-electron chi connectivity index (χ0n) is 16.8. The van der Waals surface area contributed by atoms with Crippen LogP contribution in [0.4, 0.5) is 16.2 Å². The molecule has 7 heteroatoms. The van der Waals surface area contributed by atoms with E-state index >= 15 is 0 Å². The van der Waals surface area contributed by atoms with Gasteiger partial charge >= 0.3 is 6.03 Å². The van der Waals surface area contributed by atoms with Crippen LogP contribution in [-0.2, 0) is 9.59 Å². The summed E-state index contributed by atoms with van der Waals surface area (Å²) < 4.78 is 5.39. The largest absolute Gasteiger partial charge is 0.494 e. The number of urea groups is 1. The Morgan fingerprint density at radius 3 is 2.31 bits per heavy atom. The minimum atomic E-state index is -0.842. The highest BCUT2D eigenvalue weighted by Crippen LogP contribution is 2.28. The van der Waals surface area contributed by atoms with E-state index in [2.05, 4.69) is 5.32 Å². The van der Waals surface area contributed by atoms with E-state index in [9.17, 15) is 14.4 Å². The van der Waals surface area contributed by atoms with Crippen LogP contribution in [0.1, 0.15) is 27.2 Å². The SMILES string of the molecule is CCOc1ccc(NC(=O)CC2C(=O)N(c3ccccc3)C(=O)N2C(C)C)cc1. The highest BCUT2D eigenvalue weighted by Gasteiger charge is 2.47. The summed E-state index contributed by atoms with van der Waals surface area (Å²) in [7, 11) is 0. The van der Waals surface area contributed by atoms with Crippen molar-refractivity contribution in [2.24, 2.45) is 0 Å². The number of para-hydroxylation sites is 1. The number of anilines is 2. The van der Waals surface area contributed by atoms with Crippen molar-refractivity contribution in [1.29, 1.82) is 0 Å². The number of nitrogens with one attached hydrogen (secondary N) is 1. The average Bonchev–Trinajstić information content (AvgIpc) is 2.94. The van der Waals surface area contributed by atoms with Crippen LogP contribution in [0.2, 0.25) is 0 Å². The summed E-state index contributed by atoms with van der Waals surface area (Å²) in [6.07, 6.45) is -0.112. The predicted molar refractivity (Wildman–Crippen MR) is 111 cm³/mol. The molecule has 1 unspecified atom stereocenters. The van der Waals surface area contributed by atoms with E-state index < -0.39 is 18.0 Å². The van der Waals surface area contributed by atoms with Gasteiger partial charge in [0.1, 0.15) is 11.8 Å². The maximum Gasteiger partial charge on any atom is 0.332 e. The molecule has 1 fully saturated rings. The number of nitrogens with zero attached hydrogens (tertiary/aromatic N) is 2. The second kappa shape index (κ2) is 8.77. The molecular weight excluding hydrogens is 370 g/mol. The Morgan fingerprint density at radius 1 is 1.07 bits per heavy atom. The molecule has 2 aromatic carbocycles. The van der Waals surface area contributed by atoms with Crippen molar-refractivity contribution in [3.63, 3.8) is 0 Å². The topological polar surface area (TPSA) is 79.0 Å². The van der Waals surface area contributed by atoms with Crippen LogP contribution in [0.3, 0.4) is 0 Å². The van der Waals surface area contributed by atoms with Gasteiger partial charge in [0, 0.05) is 11.7 Å². The molecule has 1 atom stereocenters. The molecule has 1 heterocycles. The maximum absolute atomic E-state index is 13.0. The summed E-state index contributed by atoms with van der Waals surface area (Å²) in [5, 5.41) is 2.78. The number of hydrogen-bond donors (Lipinski definition) is 1. The molecular formula is C22H25N3O4. The van der Waals surface area contributed by atoms with Gasteiger partial charge in [0.05, 0.1) is 18.7 Å². The molecule has 29 heavy (non-hydrogen) atoms. The van der Waals surface area contributed by atoms with Gasteiger partial charge in [0.25, 0.3) is 5.91 Å².